The Labute approximate surface area is 301 Å². The third-order valence-corrected chi connectivity index (χ3v) is 18.9. The van der Waals surface area contributed by atoms with Crippen molar-refractivity contribution in [2.45, 2.75) is 51.4 Å². The monoisotopic (exact) mass is 686 g/mol. The maximum Gasteiger partial charge on any atom is -0.000927 e. The van der Waals surface area contributed by atoms with E-state index in [0.29, 0.717) is 0 Å². The van der Waals surface area contributed by atoms with Crippen LogP contribution < -0.4 is 10.6 Å². The number of benzene rings is 6. The lowest BCUT2D eigenvalue weighted by Gasteiger charge is -2.29. The molecular formula is C48H48P2. The molecule has 0 radical (unpaired) electrons. The first kappa shape index (κ1) is 31.4. The molecule has 10 rings (SSSR count). The quantitative estimate of drug-likeness (QED) is 0.158. The molecule has 2 saturated carbocycles. The van der Waals surface area contributed by atoms with Crippen LogP contribution in [-0.4, -0.2) is 24.6 Å². The topological polar surface area (TPSA) is 0 Å². The molecule has 2 aliphatic heterocycles. The average molecular weight is 687 g/mol. The Kier molecular flexibility index (Phi) is 8.39. The third kappa shape index (κ3) is 5.49. The zero-order valence-electron chi connectivity index (χ0n) is 29.2. The van der Waals surface area contributed by atoms with Gasteiger partial charge < -0.3 is 0 Å². The maximum absolute atomic E-state index is 2.59. The van der Waals surface area contributed by atoms with Crippen LogP contribution >= 0.6 is 15.8 Å². The van der Waals surface area contributed by atoms with Crippen LogP contribution in [0.2, 0.25) is 0 Å². The van der Waals surface area contributed by atoms with Crippen LogP contribution in [0.4, 0.5) is 0 Å². The van der Waals surface area contributed by atoms with Crippen LogP contribution in [0.25, 0.3) is 54.9 Å². The Hall–Kier alpha value is -3.30. The van der Waals surface area contributed by atoms with E-state index < -0.39 is 0 Å². The van der Waals surface area contributed by atoms with Gasteiger partial charge in [0.05, 0.1) is 0 Å². The second-order valence-corrected chi connectivity index (χ2v) is 20.4. The standard InChI is InChI=1S/C48H48P2/c1-3-15-33(16-4-1)43-27-35-19-11-13-25-41(35)45(47(43)49-29-37-21-7-8-22-38(37)30-49)46-42-26-14-12-20-36(42)28-44(34-17-5-2-6-18-34)48(46)50-31-39-23-9-10-24-40(39)32-50/h1-6,11-20,25-28,37-40H,7-10,21-24,29-32H2. The van der Waals surface area contributed by atoms with E-state index in [1.165, 1.54) is 120 Å². The van der Waals surface area contributed by atoms with E-state index in [-0.39, 0.29) is 15.8 Å². The van der Waals surface area contributed by atoms with Gasteiger partial charge in [-0.2, -0.15) is 0 Å². The number of rotatable bonds is 5. The molecule has 50 heavy (non-hydrogen) atoms. The molecule has 4 unspecified atom stereocenters. The van der Waals surface area contributed by atoms with E-state index in [1.54, 1.807) is 21.7 Å². The zero-order chi connectivity index (χ0) is 33.0. The molecule has 6 aromatic carbocycles. The van der Waals surface area contributed by atoms with E-state index in [9.17, 15) is 0 Å². The normalized spacial score (nSPS) is 26.2. The highest BCUT2D eigenvalue weighted by Crippen LogP contribution is 2.60. The largest absolute Gasteiger partial charge is 0.0734 e. The van der Waals surface area contributed by atoms with E-state index >= 15 is 0 Å². The summed E-state index contributed by atoms with van der Waals surface area (Å²) in [6, 6.07) is 47.1. The smallest absolute Gasteiger partial charge is 0.000927 e. The molecule has 4 atom stereocenters. The van der Waals surface area contributed by atoms with Gasteiger partial charge in [0.25, 0.3) is 0 Å². The van der Waals surface area contributed by atoms with Gasteiger partial charge in [-0.1, -0.05) is 151 Å². The highest BCUT2D eigenvalue weighted by Gasteiger charge is 2.41. The van der Waals surface area contributed by atoms with E-state index in [4.69, 9.17) is 0 Å². The molecular weight excluding hydrogens is 638 g/mol. The lowest BCUT2D eigenvalue weighted by molar-refractivity contribution is 0.299. The summed E-state index contributed by atoms with van der Waals surface area (Å²) in [6.07, 6.45) is 17.1. The predicted octanol–water partition coefficient (Wildman–Crippen LogP) is 12.8. The summed E-state index contributed by atoms with van der Waals surface area (Å²) in [5, 5.41) is 9.19. The minimum Gasteiger partial charge on any atom is -0.0734 e. The number of hydrogen-bond donors (Lipinski definition) is 0. The van der Waals surface area contributed by atoms with Crippen LogP contribution in [0.5, 0.6) is 0 Å². The van der Waals surface area contributed by atoms with Crippen LogP contribution in [0.1, 0.15) is 51.4 Å². The fraction of sp³-hybridized carbons (Fsp3) is 0.333. The fourth-order valence-electron chi connectivity index (χ4n) is 10.7. The third-order valence-electron chi connectivity index (χ3n) is 13.0. The Morgan fingerprint density at radius 1 is 0.380 bits per heavy atom. The van der Waals surface area contributed by atoms with Crippen LogP contribution in [0.3, 0.4) is 0 Å². The lowest BCUT2D eigenvalue weighted by atomic mass is 9.82. The molecule has 6 aromatic rings. The molecule has 4 aliphatic rings. The second kappa shape index (κ2) is 13.4. The Balaban J connectivity index is 1.34. The summed E-state index contributed by atoms with van der Waals surface area (Å²) in [4.78, 5) is 0. The summed E-state index contributed by atoms with van der Waals surface area (Å²) in [5.41, 5.74) is 9.03. The minimum absolute atomic E-state index is 0.303. The Morgan fingerprint density at radius 3 is 1.10 bits per heavy atom. The van der Waals surface area contributed by atoms with Gasteiger partial charge in [-0.3, -0.25) is 0 Å². The number of fused-ring (bicyclic) bond motifs is 4. The highest BCUT2D eigenvalue weighted by molar-refractivity contribution is 7.67. The van der Waals surface area contributed by atoms with Crippen LogP contribution in [0.15, 0.2) is 121 Å². The van der Waals surface area contributed by atoms with Crippen molar-refractivity contribution >= 4 is 48.0 Å². The van der Waals surface area contributed by atoms with Crippen molar-refractivity contribution in [3.8, 4) is 33.4 Å². The van der Waals surface area contributed by atoms with E-state index in [2.05, 4.69) is 121 Å². The molecule has 0 nitrogen and oxygen atoms in total. The maximum atomic E-state index is 2.59. The SMILES string of the molecule is c1ccc(-c2cc3ccccc3c(-c3c(P4CC5CCCCC5C4)c(-c4ccccc4)cc4ccccc34)c2P2CC3CCCCC3C2)cc1. The van der Waals surface area contributed by atoms with Gasteiger partial charge in [0.1, 0.15) is 0 Å². The predicted molar refractivity (Wildman–Crippen MR) is 221 cm³/mol. The molecule has 0 amide bonds. The molecule has 0 N–H and O–H groups in total. The van der Waals surface area contributed by atoms with Crippen molar-refractivity contribution in [1.82, 2.24) is 0 Å². The van der Waals surface area contributed by atoms with Crippen molar-refractivity contribution < 1.29 is 0 Å². The summed E-state index contributed by atoms with van der Waals surface area (Å²) in [5.74, 6) is 3.64. The lowest BCUT2D eigenvalue weighted by Crippen LogP contribution is -2.19. The van der Waals surface area contributed by atoms with Gasteiger partial charge in [-0.25, -0.2) is 0 Å². The van der Waals surface area contributed by atoms with Gasteiger partial charge >= 0.3 is 0 Å². The van der Waals surface area contributed by atoms with Crippen molar-refractivity contribution in [3.05, 3.63) is 121 Å². The Morgan fingerprint density at radius 2 is 0.720 bits per heavy atom. The first-order valence-electron chi connectivity index (χ1n) is 19.5. The number of hydrogen-bond acceptors (Lipinski definition) is 0. The highest BCUT2D eigenvalue weighted by atomic mass is 31.1. The molecule has 0 aromatic heterocycles. The minimum atomic E-state index is -0.303. The summed E-state index contributed by atoms with van der Waals surface area (Å²) < 4.78 is 0. The van der Waals surface area contributed by atoms with Gasteiger partial charge in [-0.05, 0) is 152 Å². The van der Waals surface area contributed by atoms with E-state index in [0.717, 1.165) is 23.7 Å². The fourth-order valence-corrected chi connectivity index (χ4v) is 18.1. The van der Waals surface area contributed by atoms with Crippen molar-refractivity contribution in [2.24, 2.45) is 23.7 Å². The van der Waals surface area contributed by atoms with Crippen molar-refractivity contribution in [3.63, 3.8) is 0 Å². The summed E-state index contributed by atoms with van der Waals surface area (Å²) >= 11 is 0. The molecule has 2 heterocycles. The molecule has 2 aliphatic carbocycles. The summed E-state index contributed by atoms with van der Waals surface area (Å²) in [7, 11) is -0.606. The van der Waals surface area contributed by atoms with Crippen LogP contribution in [0, 0.1) is 23.7 Å². The molecule has 2 heteroatoms. The first-order valence-corrected chi connectivity index (χ1v) is 22.9. The van der Waals surface area contributed by atoms with Crippen molar-refractivity contribution in [2.75, 3.05) is 24.6 Å². The average Bonchev–Trinajstić information content (AvgIpc) is 3.82. The Bertz CT molecular complexity index is 1980. The summed E-state index contributed by atoms with van der Waals surface area (Å²) in [6.45, 7) is 0. The molecule has 4 fully saturated rings. The molecule has 250 valence electrons. The molecule has 0 bridgehead atoms. The van der Waals surface area contributed by atoms with Gasteiger partial charge in [0, 0.05) is 0 Å². The van der Waals surface area contributed by atoms with Gasteiger partial charge in [0.2, 0.25) is 0 Å². The zero-order valence-corrected chi connectivity index (χ0v) is 31.0. The van der Waals surface area contributed by atoms with Crippen LogP contribution in [-0.2, 0) is 0 Å². The van der Waals surface area contributed by atoms with Gasteiger partial charge in [-0.15, -0.1) is 0 Å². The molecule has 2 saturated heterocycles. The first-order chi connectivity index (χ1) is 24.8. The van der Waals surface area contributed by atoms with E-state index in [1.807, 2.05) is 0 Å². The molecule has 0 spiro atoms. The van der Waals surface area contributed by atoms with Gasteiger partial charge in [0.15, 0.2) is 0 Å². The second-order valence-electron chi connectivity index (χ2n) is 15.9. The van der Waals surface area contributed by atoms with Crippen molar-refractivity contribution in [1.29, 1.82) is 0 Å².